The molecule has 0 aliphatic heterocycles. The van der Waals surface area contributed by atoms with Crippen LogP contribution in [-0.4, -0.2) is 17.0 Å². The molecule has 3 unspecified atom stereocenters. The molecule has 2 bridgehead atoms. The molecule has 3 aliphatic carbocycles. The number of hydrogen-bond donors (Lipinski definition) is 1. The highest BCUT2D eigenvalue weighted by atomic mass is 79.9. The predicted octanol–water partition coefficient (Wildman–Crippen LogP) is 6.66. The molecule has 3 aromatic rings. The van der Waals surface area contributed by atoms with Crippen LogP contribution >= 0.6 is 27.5 Å². The van der Waals surface area contributed by atoms with Gasteiger partial charge in [0.05, 0.1) is 11.1 Å². The quantitative estimate of drug-likeness (QED) is 0.272. The fourth-order valence-electron chi connectivity index (χ4n) is 4.66. The van der Waals surface area contributed by atoms with E-state index < -0.39 is 5.79 Å². The Balaban J connectivity index is 1.77. The number of aliphatic hydroxyl groups is 1. The van der Waals surface area contributed by atoms with Gasteiger partial charge in [0.25, 0.3) is 0 Å². The average Bonchev–Trinajstić information content (AvgIpc) is 2.63. The highest BCUT2D eigenvalue weighted by Crippen LogP contribution is 2.54. The number of halogens is 2. The van der Waals surface area contributed by atoms with Crippen molar-refractivity contribution in [1.29, 1.82) is 0 Å². The van der Waals surface area contributed by atoms with Crippen molar-refractivity contribution in [3.05, 3.63) is 69.2 Å². The summed E-state index contributed by atoms with van der Waals surface area (Å²) in [5.41, 5.74) is 2.41. The standard InChI is InChI=1S/C23H20BrClO2/c1-23(2,26)27-18-11-14-7-8-15(18)20-19(14)21(24)16-9-12-5-3-4-6-13(12)10-17(16)22(20)25/h3-10,14-15,18,26H,11H2,1-2H3. The van der Waals surface area contributed by atoms with E-state index in [0.29, 0.717) is 0 Å². The van der Waals surface area contributed by atoms with Crippen LogP contribution in [0.15, 0.2) is 53.0 Å². The van der Waals surface area contributed by atoms with E-state index in [1.807, 2.05) is 6.07 Å². The van der Waals surface area contributed by atoms with E-state index >= 15 is 0 Å². The molecule has 0 amide bonds. The molecular weight excluding hydrogens is 424 g/mol. The summed E-state index contributed by atoms with van der Waals surface area (Å²) >= 11 is 10.9. The van der Waals surface area contributed by atoms with E-state index in [0.717, 1.165) is 32.3 Å². The van der Waals surface area contributed by atoms with Crippen LogP contribution in [0, 0.1) is 0 Å². The summed E-state index contributed by atoms with van der Waals surface area (Å²) in [6, 6.07) is 12.8. The Morgan fingerprint density at radius 1 is 1.07 bits per heavy atom. The molecule has 3 atom stereocenters. The lowest BCUT2D eigenvalue weighted by Gasteiger charge is -2.43. The summed E-state index contributed by atoms with van der Waals surface area (Å²) in [5.74, 6) is -0.872. The summed E-state index contributed by atoms with van der Waals surface area (Å²) in [7, 11) is 0. The summed E-state index contributed by atoms with van der Waals surface area (Å²) in [6.07, 6.45) is 5.23. The molecular formula is C23H20BrClO2. The van der Waals surface area contributed by atoms with E-state index in [-0.39, 0.29) is 17.9 Å². The van der Waals surface area contributed by atoms with Crippen molar-refractivity contribution < 1.29 is 9.84 Å². The Morgan fingerprint density at radius 3 is 2.41 bits per heavy atom. The second-order valence-electron chi connectivity index (χ2n) is 8.06. The van der Waals surface area contributed by atoms with Crippen molar-refractivity contribution in [2.45, 2.75) is 44.0 Å². The van der Waals surface area contributed by atoms with Crippen LogP contribution in [0.2, 0.25) is 5.02 Å². The number of allylic oxidation sites excluding steroid dienone is 1. The fraction of sp³-hybridized carbons (Fsp3) is 0.304. The first-order valence-electron chi connectivity index (χ1n) is 9.25. The highest BCUT2D eigenvalue weighted by Gasteiger charge is 2.42. The maximum Gasteiger partial charge on any atom is 0.160 e. The highest BCUT2D eigenvalue weighted by molar-refractivity contribution is 9.10. The molecule has 3 aliphatic rings. The van der Waals surface area contributed by atoms with Crippen LogP contribution in [0.25, 0.3) is 21.5 Å². The fourth-order valence-corrected chi connectivity index (χ4v) is 5.88. The predicted molar refractivity (Wildman–Crippen MR) is 115 cm³/mol. The van der Waals surface area contributed by atoms with E-state index in [9.17, 15) is 5.11 Å². The lowest BCUT2D eigenvalue weighted by atomic mass is 9.69. The van der Waals surface area contributed by atoms with Crippen LogP contribution in [0.1, 0.15) is 43.2 Å². The molecule has 0 fully saturated rings. The Labute approximate surface area is 171 Å². The van der Waals surface area contributed by atoms with Gasteiger partial charge in [0, 0.05) is 21.7 Å². The Morgan fingerprint density at radius 2 is 1.74 bits per heavy atom. The van der Waals surface area contributed by atoms with Gasteiger partial charge in [-0.05, 0) is 75.6 Å². The number of fused-ring (bicyclic) bond motifs is 3. The zero-order valence-corrected chi connectivity index (χ0v) is 17.5. The topological polar surface area (TPSA) is 29.5 Å². The van der Waals surface area contributed by atoms with Gasteiger partial charge >= 0.3 is 0 Å². The summed E-state index contributed by atoms with van der Waals surface area (Å²) in [6.45, 7) is 3.37. The smallest absolute Gasteiger partial charge is 0.160 e. The van der Waals surface area contributed by atoms with Crippen molar-refractivity contribution in [1.82, 2.24) is 0 Å². The first kappa shape index (κ1) is 17.7. The first-order chi connectivity index (χ1) is 12.8. The third kappa shape index (κ3) is 2.75. The van der Waals surface area contributed by atoms with Gasteiger partial charge in [-0.2, -0.15) is 0 Å². The zero-order chi connectivity index (χ0) is 18.9. The molecule has 4 heteroatoms. The summed E-state index contributed by atoms with van der Waals surface area (Å²) < 4.78 is 7.11. The minimum Gasteiger partial charge on any atom is -0.366 e. The molecule has 0 heterocycles. The maximum absolute atomic E-state index is 10.2. The third-order valence-electron chi connectivity index (χ3n) is 5.70. The number of rotatable bonds is 2. The van der Waals surface area contributed by atoms with Crippen molar-refractivity contribution in [2.75, 3.05) is 0 Å². The first-order valence-corrected chi connectivity index (χ1v) is 10.4. The zero-order valence-electron chi connectivity index (χ0n) is 15.2. The van der Waals surface area contributed by atoms with Crippen molar-refractivity contribution in [3.63, 3.8) is 0 Å². The van der Waals surface area contributed by atoms with Gasteiger partial charge < -0.3 is 9.84 Å². The van der Waals surface area contributed by atoms with Crippen molar-refractivity contribution in [2.24, 2.45) is 0 Å². The van der Waals surface area contributed by atoms with E-state index in [1.54, 1.807) is 13.8 Å². The van der Waals surface area contributed by atoms with Gasteiger partial charge in [-0.25, -0.2) is 0 Å². The second kappa shape index (κ2) is 6.05. The maximum atomic E-state index is 10.2. The molecule has 0 spiro atoms. The molecule has 27 heavy (non-hydrogen) atoms. The Bertz CT molecular complexity index is 1110. The third-order valence-corrected chi connectivity index (χ3v) is 6.96. The van der Waals surface area contributed by atoms with Crippen LogP contribution in [0.5, 0.6) is 0 Å². The van der Waals surface area contributed by atoms with Crippen LogP contribution < -0.4 is 0 Å². The van der Waals surface area contributed by atoms with Crippen LogP contribution in [-0.2, 0) is 4.74 Å². The van der Waals surface area contributed by atoms with Gasteiger partial charge in [0.2, 0.25) is 0 Å². The molecule has 0 saturated heterocycles. The van der Waals surface area contributed by atoms with Gasteiger partial charge in [-0.3, -0.25) is 0 Å². The summed E-state index contributed by atoms with van der Waals surface area (Å²) in [4.78, 5) is 0. The van der Waals surface area contributed by atoms with E-state index in [4.69, 9.17) is 16.3 Å². The Kier molecular flexibility index (Phi) is 3.97. The van der Waals surface area contributed by atoms with Gasteiger partial charge in [0.1, 0.15) is 0 Å². The summed E-state index contributed by atoms with van der Waals surface area (Å²) in [5, 5.41) is 15.6. The molecule has 3 aromatic carbocycles. The van der Waals surface area contributed by atoms with Crippen LogP contribution in [0.3, 0.4) is 0 Å². The number of ether oxygens (including phenoxy) is 1. The van der Waals surface area contributed by atoms with Crippen molar-refractivity contribution >= 4 is 49.1 Å². The van der Waals surface area contributed by atoms with Gasteiger partial charge in [0.15, 0.2) is 5.79 Å². The molecule has 0 aromatic heterocycles. The molecule has 1 N–H and O–H groups in total. The normalized spacial score (nSPS) is 24.0. The minimum absolute atomic E-state index is 0.0519. The second-order valence-corrected chi connectivity index (χ2v) is 9.23. The van der Waals surface area contributed by atoms with Crippen molar-refractivity contribution in [3.8, 4) is 0 Å². The SMILES string of the molecule is CC(C)(O)OC1CC2C=CC1c1c2c(Br)c2cc3ccccc3cc2c1Cl. The Hall–Kier alpha value is -1.39. The molecule has 6 rings (SSSR count). The number of hydrogen-bond acceptors (Lipinski definition) is 2. The molecule has 0 radical (unpaired) electrons. The van der Waals surface area contributed by atoms with E-state index in [2.05, 4.69) is 58.4 Å². The average molecular weight is 444 g/mol. The lowest BCUT2D eigenvalue weighted by molar-refractivity contribution is -0.211. The van der Waals surface area contributed by atoms with Gasteiger partial charge in [-0.15, -0.1) is 0 Å². The van der Waals surface area contributed by atoms with Gasteiger partial charge in [-0.1, -0.05) is 48.0 Å². The minimum atomic E-state index is -1.16. The van der Waals surface area contributed by atoms with Crippen LogP contribution in [0.4, 0.5) is 0 Å². The van der Waals surface area contributed by atoms with E-state index in [1.165, 1.54) is 16.3 Å². The monoisotopic (exact) mass is 442 g/mol. The number of benzene rings is 3. The largest absolute Gasteiger partial charge is 0.366 e. The molecule has 138 valence electrons. The molecule has 2 nitrogen and oxygen atoms in total. The lowest BCUT2D eigenvalue weighted by Crippen LogP contribution is -2.39. The molecule has 0 saturated carbocycles.